The van der Waals surface area contributed by atoms with E-state index in [1.807, 2.05) is 6.07 Å². The highest BCUT2D eigenvalue weighted by Gasteiger charge is 2.27. The predicted molar refractivity (Wildman–Crippen MR) is 80.1 cm³/mol. The minimum absolute atomic E-state index is 0.230. The van der Waals surface area contributed by atoms with E-state index in [-0.39, 0.29) is 5.91 Å². The third kappa shape index (κ3) is 3.19. The molecule has 1 aliphatic rings. The van der Waals surface area contributed by atoms with E-state index in [2.05, 4.69) is 24.8 Å². The van der Waals surface area contributed by atoms with Crippen LogP contribution in [0.3, 0.4) is 0 Å². The first-order valence-electron chi connectivity index (χ1n) is 7.52. The van der Waals surface area contributed by atoms with Gasteiger partial charge in [0.25, 0.3) is 5.91 Å². The Morgan fingerprint density at radius 1 is 1.20 bits per heavy atom. The summed E-state index contributed by atoms with van der Waals surface area (Å²) in [5, 5.41) is 10.5. The summed E-state index contributed by atoms with van der Waals surface area (Å²) < 4.78 is 0. The molecule has 0 saturated carbocycles. The zero-order valence-corrected chi connectivity index (χ0v) is 12.4. The van der Waals surface area contributed by atoms with Gasteiger partial charge in [0, 0.05) is 6.54 Å². The van der Waals surface area contributed by atoms with Crippen LogP contribution < -0.4 is 5.06 Å². The lowest BCUT2D eigenvalue weighted by molar-refractivity contribution is -0.122. The zero-order valence-electron chi connectivity index (χ0n) is 12.4. The number of nitrogens with zero attached hydrogens (tertiary/aromatic N) is 2. The van der Waals surface area contributed by atoms with Gasteiger partial charge in [0.15, 0.2) is 0 Å². The number of fused-ring (bicyclic) bond motifs is 1. The highest BCUT2D eigenvalue weighted by atomic mass is 16.5. The fourth-order valence-electron chi connectivity index (χ4n) is 2.86. The average Bonchev–Trinajstić information content (AvgIpc) is 2.73. The van der Waals surface area contributed by atoms with Gasteiger partial charge in [-0.15, -0.1) is 0 Å². The minimum atomic E-state index is -0.230. The molecule has 0 bridgehead atoms. The van der Waals surface area contributed by atoms with Gasteiger partial charge in [0.2, 0.25) is 0 Å². The molecule has 0 spiro atoms. The largest absolute Gasteiger partial charge is 0.303 e. The molecule has 0 radical (unpaired) electrons. The quantitative estimate of drug-likeness (QED) is 0.779. The van der Waals surface area contributed by atoms with E-state index in [1.54, 1.807) is 6.07 Å². The van der Waals surface area contributed by atoms with Gasteiger partial charge in [0.1, 0.15) is 0 Å². The average molecular weight is 276 g/mol. The van der Waals surface area contributed by atoms with Crippen LogP contribution in [0.2, 0.25) is 0 Å². The van der Waals surface area contributed by atoms with E-state index in [0.717, 1.165) is 49.5 Å². The zero-order chi connectivity index (χ0) is 14.5. The Morgan fingerprint density at radius 3 is 2.55 bits per heavy atom. The smallest absolute Gasteiger partial charge is 0.255 e. The van der Waals surface area contributed by atoms with Crippen LogP contribution in [0.15, 0.2) is 18.2 Å². The molecule has 0 saturated heterocycles. The van der Waals surface area contributed by atoms with Crippen LogP contribution in [0.4, 0.5) is 5.69 Å². The van der Waals surface area contributed by atoms with Gasteiger partial charge >= 0.3 is 0 Å². The van der Waals surface area contributed by atoms with Crippen molar-refractivity contribution in [3.63, 3.8) is 0 Å². The normalized spacial score (nSPS) is 14.2. The second-order valence-corrected chi connectivity index (χ2v) is 5.39. The van der Waals surface area contributed by atoms with Gasteiger partial charge in [-0.2, -0.15) is 5.06 Å². The lowest BCUT2D eigenvalue weighted by Gasteiger charge is -2.21. The monoisotopic (exact) mass is 276 g/mol. The maximum absolute atomic E-state index is 11.6. The summed E-state index contributed by atoms with van der Waals surface area (Å²) in [6.07, 6.45) is 3.58. The van der Waals surface area contributed by atoms with E-state index in [4.69, 9.17) is 0 Å². The van der Waals surface area contributed by atoms with E-state index >= 15 is 0 Å². The van der Waals surface area contributed by atoms with E-state index in [0.29, 0.717) is 12.1 Å². The number of hydrogen-bond donors (Lipinski definition) is 1. The number of benzene rings is 1. The van der Waals surface area contributed by atoms with E-state index in [9.17, 15) is 10.0 Å². The molecule has 1 aromatic rings. The van der Waals surface area contributed by atoms with Crippen LogP contribution >= 0.6 is 0 Å². The van der Waals surface area contributed by atoms with Crippen molar-refractivity contribution in [1.82, 2.24) is 4.90 Å². The van der Waals surface area contributed by atoms with Crippen LogP contribution in [0, 0.1) is 0 Å². The molecule has 0 atom stereocenters. The van der Waals surface area contributed by atoms with Gasteiger partial charge in [-0.1, -0.05) is 26.0 Å². The molecule has 110 valence electrons. The van der Waals surface area contributed by atoms with Crippen LogP contribution in [0.25, 0.3) is 0 Å². The van der Waals surface area contributed by atoms with Crippen molar-refractivity contribution in [2.45, 2.75) is 39.5 Å². The van der Waals surface area contributed by atoms with Crippen molar-refractivity contribution in [2.75, 3.05) is 24.7 Å². The first-order chi connectivity index (χ1) is 9.67. The fraction of sp³-hybridized carbons (Fsp3) is 0.562. The third-order valence-electron chi connectivity index (χ3n) is 3.82. The van der Waals surface area contributed by atoms with Crippen molar-refractivity contribution in [3.05, 3.63) is 29.3 Å². The molecule has 1 amide bonds. The van der Waals surface area contributed by atoms with Crippen molar-refractivity contribution in [1.29, 1.82) is 0 Å². The predicted octanol–water partition coefficient (Wildman–Crippen LogP) is 2.63. The highest BCUT2D eigenvalue weighted by molar-refractivity contribution is 5.99. The Labute approximate surface area is 121 Å². The Bertz CT molecular complexity index is 468. The fourth-order valence-corrected chi connectivity index (χ4v) is 2.86. The minimum Gasteiger partial charge on any atom is -0.303 e. The van der Waals surface area contributed by atoms with Crippen molar-refractivity contribution < 1.29 is 10.0 Å². The second kappa shape index (κ2) is 6.86. The molecule has 1 aliphatic heterocycles. The topological polar surface area (TPSA) is 43.8 Å². The van der Waals surface area contributed by atoms with Crippen molar-refractivity contribution in [3.8, 4) is 0 Å². The lowest BCUT2D eigenvalue weighted by atomic mass is 10.0. The summed E-state index contributed by atoms with van der Waals surface area (Å²) in [4.78, 5) is 14.1. The maximum atomic E-state index is 11.6. The first-order valence-corrected chi connectivity index (χ1v) is 7.52. The molecule has 4 heteroatoms. The molecule has 20 heavy (non-hydrogen) atoms. The number of amides is 1. The molecular weight excluding hydrogens is 252 g/mol. The molecule has 4 nitrogen and oxygen atoms in total. The van der Waals surface area contributed by atoms with Crippen LogP contribution in [0.5, 0.6) is 0 Å². The van der Waals surface area contributed by atoms with Crippen molar-refractivity contribution in [2.24, 2.45) is 0 Å². The number of anilines is 1. The Balaban J connectivity index is 2.06. The highest BCUT2D eigenvalue weighted by Crippen LogP contribution is 2.30. The molecule has 0 unspecified atom stereocenters. The Kier molecular flexibility index (Phi) is 5.15. The van der Waals surface area contributed by atoms with E-state index in [1.165, 1.54) is 5.56 Å². The number of rotatable bonds is 7. The summed E-state index contributed by atoms with van der Waals surface area (Å²) in [7, 11) is 0. The molecule has 1 heterocycles. The summed E-state index contributed by atoms with van der Waals surface area (Å²) in [5.41, 5.74) is 2.84. The number of carbonyl (C=O) groups excluding carboxylic acids is 1. The maximum Gasteiger partial charge on any atom is 0.255 e. The molecule has 1 N–H and O–H groups in total. The van der Waals surface area contributed by atoms with Gasteiger partial charge in [0.05, 0.1) is 12.1 Å². The Morgan fingerprint density at radius 2 is 1.90 bits per heavy atom. The van der Waals surface area contributed by atoms with Gasteiger partial charge in [-0.25, -0.2) is 0 Å². The summed E-state index contributed by atoms with van der Waals surface area (Å²) >= 11 is 0. The molecule has 0 aromatic heterocycles. The lowest BCUT2D eigenvalue weighted by Crippen LogP contribution is -2.28. The number of hydroxylamine groups is 1. The molecule has 1 aromatic carbocycles. The standard InChI is InChI=1S/C16H24N2O2/c1-3-9-17(10-4-2)11-8-13-6-5-7-15-14(13)12-16(19)18(15)20/h5-7,20H,3-4,8-12H2,1-2H3. The molecule has 2 rings (SSSR count). The van der Waals surface area contributed by atoms with Gasteiger partial charge < -0.3 is 4.90 Å². The van der Waals surface area contributed by atoms with E-state index < -0.39 is 0 Å². The van der Waals surface area contributed by atoms with Crippen LogP contribution in [0.1, 0.15) is 37.8 Å². The molecule has 0 fully saturated rings. The third-order valence-corrected chi connectivity index (χ3v) is 3.82. The number of hydrogen-bond acceptors (Lipinski definition) is 3. The second-order valence-electron chi connectivity index (χ2n) is 5.39. The SMILES string of the molecule is CCCN(CCC)CCc1cccc2c1CC(=O)N2O. The van der Waals surface area contributed by atoms with Gasteiger partial charge in [-0.3, -0.25) is 10.0 Å². The number of carbonyl (C=O) groups is 1. The molecular formula is C16H24N2O2. The van der Waals surface area contributed by atoms with Crippen molar-refractivity contribution >= 4 is 11.6 Å². The Hall–Kier alpha value is -1.39. The van der Waals surface area contributed by atoms with Gasteiger partial charge in [-0.05, 0) is 49.5 Å². The summed E-state index contributed by atoms with van der Waals surface area (Å²) in [6.45, 7) is 7.65. The summed E-state index contributed by atoms with van der Waals surface area (Å²) in [5.74, 6) is -0.230. The van der Waals surface area contributed by atoms with Crippen LogP contribution in [-0.4, -0.2) is 35.6 Å². The van der Waals surface area contributed by atoms with Crippen LogP contribution in [-0.2, 0) is 17.6 Å². The first kappa shape index (κ1) is 15.0. The molecule has 0 aliphatic carbocycles. The summed E-state index contributed by atoms with van der Waals surface area (Å²) in [6, 6.07) is 5.79.